The maximum atomic E-state index is 14.1. The zero-order valence-corrected chi connectivity index (χ0v) is 23.1. The maximum absolute atomic E-state index is 14.1. The highest BCUT2D eigenvalue weighted by Gasteiger charge is 2.38. The van der Waals surface area contributed by atoms with Crippen LogP contribution in [-0.2, 0) is 14.5 Å². The Balaban J connectivity index is 1.69. The predicted octanol–water partition coefficient (Wildman–Crippen LogP) is 5.56. The predicted molar refractivity (Wildman–Crippen MR) is 143 cm³/mol. The topological polar surface area (TPSA) is 115 Å². The molecule has 1 aromatic heterocycles. The molecule has 0 unspecified atom stereocenters. The standard InChI is InChI=1S/C26H29F4N5O4S/c1-14-22-19(12-20(23(14)38-4)35-40(37)9-5-6-10-40)31-13-32-24(22)34-18-8-7-17(27)11-21(18)39-15(2)25(36)33-16(3)26(28,29)30/h7-8,11-13,15-16H,5-6,9-10H2,1-4H3,(H,33,36)(H,31,32,34)/t15-,16+/m1/s1. The summed E-state index contributed by atoms with van der Waals surface area (Å²) >= 11 is 0. The zero-order chi connectivity index (χ0) is 29.2. The van der Waals surface area contributed by atoms with Crippen LogP contribution >= 0.6 is 0 Å². The minimum Gasteiger partial charge on any atom is -0.494 e. The number of benzene rings is 2. The number of anilines is 2. The molecule has 1 aliphatic rings. The van der Waals surface area contributed by atoms with Crippen molar-refractivity contribution in [3.05, 3.63) is 42.0 Å². The van der Waals surface area contributed by atoms with Gasteiger partial charge in [0, 0.05) is 28.5 Å². The number of carbonyl (C=O) groups excluding carboxylic acids is 1. The minimum absolute atomic E-state index is 0.122. The SMILES string of the molecule is COc1c(N=S2(=O)CCCC2)cc2ncnc(Nc3ccc(F)cc3O[C@H](C)C(=O)N[C@@H](C)C(F)(F)F)c2c1C. The van der Waals surface area contributed by atoms with E-state index in [0.29, 0.717) is 39.4 Å². The van der Waals surface area contributed by atoms with E-state index in [1.165, 1.54) is 26.4 Å². The fourth-order valence-electron chi connectivity index (χ4n) is 4.31. The van der Waals surface area contributed by atoms with Gasteiger partial charge in [0.2, 0.25) is 0 Å². The lowest BCUT2D eigenvalue weighted by molar-refractivity contribution is -0.160. The summed E-state index contributed by atoms with van der Waals surface area (Å²) in [6, 6.07) is 3.07. The fourth-order valence-corrected chi connectivity index (χ4v) is 6.50. The molecule has 0 saturated carbocycles. The van der Waals surface area contributed by atoms with Crippen LogP contribution in [0.25, 0.3) is 10.9 Å². The molecular formula is C26H29F4N5O4S. The van der Waals surface area contributed by atoms with Crippen LogP contribution in [0.4, 0.5) is 34.8 Å². The normalized spacial score (nSPS) is 16.3. The summed E-state index contributed by atoms with van der Waals surface area (Å²) in [5, 5.41) is 5.42. The van der Waals surface area contributed by atoms with Crippen LogP contribution in [0.1, 0.15) is 32.3 Å². The van der Waals surface area contributed by atoms with Crippen molar-refractivity contribution in [1.29, 1.82) is 0 Å². The van der Waals surface area contributed by atoms with E-state index >= 15 is 0 Å². The molecule has 1 saturated heterocycles. The van der Waals surface area contributed by atoms with Crippen molar-refractivity contribution >= 4 is 43.7 Å². The van der Waals surface area contributed by atoms with E-state index in [0.717, 1.165) is 31.9 Å². The summed E-state index contributed by atoms with van der Waals surface area (Å²) in [4.78, 5) is 21.0. The Hall–Kier alpha value is -3.68. The average molecular weight is 584 g/mol. The quantitative estimate of drug-likeness (QED) is 0.334. The molecule has 0 spiro atoms. The van der Waals surface area contributed by atoms with Crippen molar-refractivity contribution in [2.24, 2.45) is 4.36 Å². The highest BCUT2D eigenvalue weighted by Crippen LogP contribution is 2.41. The second kappa shape index (κ2) is 11.4. The Morgan fingerprint density at radius 2 is 1.85 bits per heavy atom. The number of ether oxygens (including phenoxy) is 2. The first-order chi connectivity index (χ1) is 18.8. The summed E-state index contributed by atoms with van der Waals surface area (Å²) in [5.41, 5.74) is 1.71. The molecule has 0 bridgehead atoms. The van der Waals surface area contributed by atoms with Gasteiger partial charge in [-0.05, 0) is 51.8 Å². The number of nitrogens with zero attached hydrogens (tertiary/aromatic N) is 3. The third-order valence-electron chi connectivity index (χ3n) is 6.46. The summed E-state index contributed by atoms with van der Waals surface area (Å²) in [6.45, 7) is 3.83. The largest absolute Gasteiger partial charge is 0.494 e. The number of amides is 1. The van der Waals surface area contributed by atoms with Gasteiger partial charge in [-0.2, -0.15) is 17.5 Å². The Bertz CT molecular complexity index is 1540. The van der Waals surface area contributed by atoms with Gasteiger partial charge >= 0.3 is 6.18 Å². The molecule has 3 aromatic rings. The van der Waals surface area contributed by atoms with Crippen LogP contribution in [-0.4, -0.2) is 57.0 Å². The van der Waals surface area contributed by atoms with Crippen LogP contribution in [0.3, 0.4) is 0 Å². The number of aryl methyl sites for hydroxylation is 1. The smallest absolute Gasteiger partial charge is 0.408 e. The molecular weight excluding hydrogens is 554 g/mol. The fraction of sp³-hybridized carbons (Fsp3) is 0.423. The van der Waals surface area contributed by atoms with Crippen molar-refractivity contribution in [2.75, 3.05) is 23.9 Å². The zero-order valence-electron chi connectivity index (χ0n) is 22.3. The van der Waals surface area contributed by atoms with Gasteiger partial charge in [-0.1, -0.05) is 0 Å². The summed E-state index contributed by atoms with van der Waals surface area (Å²) in [7, 11) is -0.913. The summed E-state index contributed by atoms with van der Waals surface area (Å²) < 4.78 is 81.5. The van der Waals surface area contributed by atoms with Crippen molar-refractivity contribution in [3.63, 3.8) is 0 Å². The van der Waals surface area contributed by atoms with Crippen molar-refractivity contribution in [2.45, 2.75) is 51.9 Å². The van der Waals surface area contributed by atoms with Gasteiger partial charge in [-0.3, -0.25) is 4.79 Å². The van der Waals surface area contributed by atoms with Crippen LogP contribution in [0.2, 0.25) is 0 Å². The average Bonchev–Trinajstić information content (AvgIpc) is 3.30. The third-order valence-corrected chi connectivity index (χ3v) is 8.85. The van der Waals surface area contributed by atoms with Crippen molar-refractivity contribution in [1.82, 2.24) is 15.3 Å². The van der Waals surface area contributed by atoms with Gasteiger partial charge in [-0.15, -0.1) is 0 Å². The van der Waals surface area contributed by atoms with Gasteiger partial charge in [-0.25, -0.2) is 18.6 Å². The Morgan fingerprint density at radius 1 is 1.15 bits per heavy atom. The van der Waals surface area contributed by atoms with E-state index in [-0.39, 0.29) is 17.3 Å². The molecule has 0 aliphatic carbocycles. The van der Waals surface area contributed by atoms with Gasteiger partial charge in [0.15, 0.2) is 6.10 Å². The van der Waals surface area contributed by atoms with Crippen LogP contribution in [0, 0.1) is 12.7 Å². The van der Waals surface area contributed by atoms with Crippen molar-refractivity contribution in [3.8, 4) is 11.5 Å². The second-order valence-corrected chi connectivity index (χ2v) is 12.0. The van der Waals surface area contributed by atoms with Crippen molar-refractivity contribution < 1.29 is 36.0 Å². The summed E-state index contributed by atoms with van der Waals surface area (Å²) in [6.07, 6.45) is -3.02. The second-order valence-electron chi connectivity index (χ2n) is 9.45. The molecule has 216 valence electrons. The Morgan fingerprint density at radius 3 is 2.50 bits per heavy atom. The van der Waals surface area contributed by atoms with Crippen LogP contribution in [0.15, 0.2) is 35.0 Å². The van der Waals surface area contributed by atoms with E-state index in [1.807, 2.05) is 5.32 Å². The molecule has 0 radical (unpaired) electrons. The summed E-state index contributed by atoms with van der Waals surface area (Å²) in [5.74, 6) is -0.107. The molecule has 14 heteroatoms. The minimum atomic E-state index is -4.63. The van der Waals surface area contributed by atoms with Gasteiger partial charge in [0.25, 0.3) is 5.91 Å². The van der Waals surface area contributed by atoms with E-state index in [9.17, 15) is 26.6 Å². The first-order valence-corrected chi connectivity index (χ1v) is 14.3. The lowest BCUT2D eigenvalue weighted by atomic mass is 10.1. The lowest BCUT2D eigenvalue weighted by Gasteiger charge is -2.22. The molecule has 2 atom stereocenters. The monoisotopic (exact) mass is 583 g/mol. The van der Waals surface area contributed by atoms with Crippen LogP contribution < -0.4 is 20.1 Å². The van der Waals surface area contributed by atoms with E-state index in [1.54, 1.807) is 13.0 Å². The molecule has 2 aromatic carbocycles. The number of rotatable bonds is 8. The highest BCUT2D eigenvalue weighted by atomic mass is 32.2. The van der Waals surface area contributed by atoms with Gasteiger partial charge in [0.1, 0.15) is 41.2 Å². The molecule has 2 heterocycles. The van der Waals surface area contributed by atoms with E-state index in [4.69, 9.17) is 9.47 Å². The number of fused-ring (bicyclic) bond motifs is 1. The first-order valence-electron chi connectivity index (χ1n) is 12.5. The Labute approximate surface area is 228 Å². The van der Waals surface area contributed by atoms with Gasteiger partial charge < -0.3 is 20.1 Å². The molecule has 1 aliphatic heterocycles. The Kier molecular flexibility index (Phi) is 8.38. The van der Waals surface area contributed by atoms with E-state index < -0.39 is 39.8 Å². The number of nitrogens with one attached hydrogen (secondary N) is 2. The first kappa shape index (κ1) is 29.3. The molecule has 2 N–H and O–H groups in total. The molecule has 1 amide bonds. The number of carbonyl (C=O) groups is 1. The van der Waals surface area contributed by atoms with Gasteiger partial charge in [0.05, 0.1) is 28.0 Å². The molecule has 40 heavy (non-hydrogen) atoms. The number of methoxy groups -OCH3 is 1. The molecule has 1 fully saturated rings. The lowest BCUT2D eigenvalue weighted by Crippen LogP contribution is -2.47. The van der Waals surface area contributed by atoms with Crippen LogP contribution in [0.5, 0.6) is 11.5 Å². The van der Waals surface area contributed by atoms with E-state index in [2.05, 4.69) is 19.6 Å². The number of aromatic nitrogens is 2. The molecule has 4 rings (SSSR count). The highest BCUT2D eigenvalue weighted by molar-refractivity contribution is 7.93. The third kappa shape index (κ3) is 6.37. The maximum Gasteiger partial charge on any atom is 0.408 e. The number of hydrogen-bond donors (Lipinski definition) is 2. The molecule has 9 nitrogen and oxygen atoms in total. The number of hydrogen-bond acceptors (Lipinski definition) is 8. The number of halogens is 4. The number of alkyl halides is 3.